The molecule has 3 rings (SSSR count). The van der Waals surface area contributed by atoms with Crippen LogP contribution in [0, 0.1) is 12.9 Å². The van der Waals surface area contributed by atoms with Gasteiger partial charge in [0.1, 0.15) is 18.5 Å². The molecular weight excluding hydrogens is 245 g/mol. The highest BCUT2D eigenvalue weighted by atomic mass is 19.1. The predicted octanol–water partition coefficient (Wildman–Crippen LogP) is 2.91. The summed E-state index contributed by atoms with van der Waals surface area (Å²) in [6, 6.07) is 9.30. The van der Waals surface area contributed by atoms with Crippen LogP contribution in [-0.4, -0.2) is 17.7 Å². The fourth-order valence-corrected chi connectivity index (χ4v) is 2.20. The summed E-state index contributed by atoms with van der Waals surface area (Å²) in [5, 5.41) is 0. The Morgan fingerprint density at radius 3 is 3.16 bits per heavy atom. The Balaban J connectivity index is 1.63. The molecule has 1 aromatic carbocycles. The van der Waals surface area contributed by atoms with Crippen LogP contribution < -0.4 is 9.47 Å². The van der Waals surface area contributed by atoms with Gasteiger partial charge in [0.25, 0.3) is 5.95 Å². The molecule has 0 saturated carbocycles. The maximum atomic E-state index is 13.3. The zero-order valence-corrected chi connectivity index (χ0v) is 10.6. The first-order valence-electron chi connectivity index (χ1n) is 6.22. The van der Waals surface area contributed by atoms with E-state index in [-0.39, 0.29) is 11.9 Å². The number of hydrogen-bond donors (Lipinski definition) is 0. The van der Waals surface area contributed by atoms with Crippen LogP contribution >= 0.6 is 0 Å². The molecule has 0 bridgehead atoms. The Morgan fingerprint density at radius 1 is 1.42 bits per heavy atom. The lowest BCUT2D eigenvalue weighted by molar-refractivity contribution is 0.144. The van der Waals surface area contributed by atoms with Crippen molar-refractivity contribution in [2.75, 3.05) is 6.61 Å². The van der Waals surface area contributed by atoms with Crippen molar-refractivity contribution in [3.8, 4) is 11.5 Å². The largest absolute Gasteiger partial charge is 0.486 e. The molecule has 0 aliphatic carbocycles. The molecule has 1 aromatic heterocycles. The highest BCUT2D eigenvalue weighted by Gasteiger charge is 2.23. The number of ether oxygens (including phenoxy) is 2. The van der Waals surface area contributed by atoms with E-state index in [1.165, 1.54) is 17.3 Å². The first kappa shape index (κ1) is 12.0. The standard InChI is InChI=1S/C15H14FNO2/c1-10-4-5-13-11(7-10)8-12(19-13)9-18-14-3-2-6-17-15(14)16/h2-7,12H,8-9H2,1H3. The van der Waals surface area contributed by atoms with Gasteiger partial charge in [0.05, 0.1) is 0 Å². The fourth-order valence-electron chi connectivity index (χ4n) is 2.20. The molecule has 2 heterocycles. The molecule has 0 radical (unpaired) electrons. The van der Waals surface area contributed by atoms with Crippen LogP contribution in [0.3, 0.4) is 0 Å². The van der Waals surface area contributed by atoms with Crippen LogP contribution in [0.5, 0.6) is 11.5 Å². The molecule has 98 valence electrons. The molecule has 1 aliphatic heterocycles. The number of rotatable bonds is 3. The number of aromatic nitrogens is 1. The minimum absolute atomic E-state index is 0.0728. The average molecular weight is 259 g/mol. The third-order valence-corrected chi connectivity index (χ3v) is 3.11. The first-order chi connectivity index (χ1) is 9.22. The van der Waals surface area contributed by atoms with Crippen LogP contribution in [0.25, 0.3) is 0 Å². The van der Waals surface area contributed by atoms with E-state index in [1.54, 1.807) is 12.1 Å². The second-order valence-corrected chi connectivity index (χ2v) is 4.66. The molecule has 0 saturated heterocycles. The van der Waals surface area contributed by atoms with Crippen molar-refractivity contribution >= 4 is 0 Å². The Labute approximate surface area is 111 Å². The average Bonchev–Trinajstić information content (AvgIpc) is 2.79. The maximum absolute atomic E-state index is 13.3. The van der Waals surface area contributed by atoms with Gasteiger partial charge in [-0.1, -0.05) is 17.7 Å². The van der Waals surface area contributed by atoms with Crippen molar-refractivity contribution < 1.29 is 13.9 Å². The fraction of sp³-hybridized carbons (Fsp3) is 0.267. The summed E-state index contributed by atoms with van der Waals surface area (Å²) >= 11 is 0. The van der Waals surface area contributed by atoms with E-state index in [9.17, 15) is 4.39 Å². The van der Waals surface area contributed by atoms with Crippen molar-refractivity contribution in [3.05, 3.63) is 53.6 Å². The summed E-state index contributed by atoms with van der Waals surface area (Å²) < 4.78 is 24.5. The van der Waals surface area contributed by atoms with E-state index in [1.807, 2.05) is 12.1 Å². The molecule has 1 aliphatic rings. The Bertz CT molecular complexity index is 600. The molecule has 1 unspecified atom stereocenters. The Hall–Kier alpha value is -2.10. The molecule has 3 nitrogen and oxygen atoms in total. The number of pyridine rings is 1. The van der Waals surface area contributed by atoms with Crippen molar-refractivity contribution in [3.63, 3.8) is 0 Å². The van der Waals surface area contributed by atoms with Gasteiger partial charge in [0, 0.05) is 12.6 Å². The molecule has 0 fully saturated rings. The molecular formula is C15H14FNO2. The highest BCUT2D eigenvalue weighted by Crippen LogP contribution is 2.29. The Morgan fingerprint density at radius 2 is 2.32 bits per heavy atom. The number of aryl methyl sites for hydroxylation is 1. The van der Waals surface area contributed by atoms with E-state index >= 15 is 0 Å². The molecule has 0 amide bonds. The number of nitrogens with zero attached hydrogens (tertiary/aromatic N) is 1. The topological polar surface area (TPSA) is 31.4 Å². The number of benzene rings is 1. The summed E-state index contributed by atoms with van der Waals surface area (Å²) in [5.74, 6) is 0.470. The minimum atomic E-state index is -0.589. The zero-order valence-electron chi connectivity index (χ0n) is 10.6. The minimum Gasteiger partial charge on any atom is -0.486 e. The van der Waals surface area contributed by atoms with Crippen LogP contribution in [0.2, 0.25) is 0 Å². The molecule has 0 spiro atoms. The SMILES string of the molecule is Cc1ccc2c(c1)CC(COc1cccnc1F)O2. The van der Waals surface area contributed by atoms with Gasteiger partial charge in [-0.25, -0.2) is 4.98 Å². The van der Waals surface area contributed by atoms with Gasteiger partial charge in [-0.3, -0.25) is 0 Å². The molecule has 19 heavy (non-hydrogen) atoms. The summed E-state index contributed by atoms with van der Waals surface area (Å²) in [5.41, 5.74) is 2.39. The lowest BCUT2D eigenvalue weighted by Crippen LogP contribution is -2.22. The van der Waals surface area contributed by atoms with Gasteiger partial charge in [0.15, 0.2) is 5.75 Å². The summed E-state index contributed by atoms with van der Waals surface area (Å²) in [4.78, 5) is 3.54. The van der Waals surface area contributed by atoms with Gasteiger partial charge >= 0.3 is 0 Å². The molecule has 1 atom stereocenters. The van der Waals surface area contributed by atoms with Crippen LogP contribution in [0.1, 0.15) is 11.1 Å². The van der Waals surface area contributed by atoms with Gasteiger partial charge in [0.2, 0.25) is 0 Å². The second kappa shape index (κ2) is 4.88. The van der Waals surface area contributed by atoms with E-state index in [0.29, 0.717) is 6.61 Å². The molecule has 0 N–H and O–H groups in total. The third kappa shape index (κ3) is 2.52. The Kier molecular flexibility index (Phi) is 3.07. The van der Waals surface area contributed by atoms with Gasteiger partial charge in [-0.15, -0.1) is 0 Å². The van der Waals surface area contributed by atoms with Gasteiger partial charge in [-0.2, -0.15) is 4.39 Å². The third-order valence-electron chi connectivity index (χ3n) is 3.11. The van der Waals surface area contributed by atoms with E-state index in [2.05, 4.69) is 18.0 Å². The van der Waals surface area contributed by atoms with Crippen LogP contribution in [-0.2, 0) is 6.42 Å². The second-order valence-electron chi connectivity index (χ2n) is 4.66. The molecule has 4 heteroatoms. The van der Waals surface area contributed by atoms with Crippen molar-refractivity contribution in [1.29, 1.82) is 0 Å². The number of hydrogen-bond acceptors (Lipinski definition) is 3. The normalized spacial score (nSPS) is 16.8. The number of fused-ring (bicyclic) bond motifs is 1. The van der Waals surface area contributed by atoms with Crippen LogP contribution in [0.15, 0.2) is 36.5 Å². The zero-order chi connectivity index (χ0) is 13.2. The lowest BCUT2D eigenvalue weighted by Gasteiger charge is -2.12. The molecule has 2 aromatic rings. The first-order valence-corrected chi connectivity index (χ1v) is 6.22. The highest BCUT2D eigenvalue weighted by molar-refractivity contribution is 5.40. The van der Waals surface area contributed by atoms with Crippen molar-refractivity contribution in [1.82, 2.24) is 4.98 Å². The predicted molar refractivity (Wildman–Crippen MR) is 69.0 cm³/mol. The van der Waals surface area contributed by atoms with E-state index < -0.39 is 5.95 Å². The van der Waals surface area contributed by atoms with E-state index in [0.717, 1.165) is 12.2 Å². The summed E-state index contributed by atoms with van der Waals surface area (Å²) in [7, 11) is 0. The summed E-state index contributed by atoms with van der Waals surface area (Å²) in [6.07, 6.45) is 2.11. The van der Waals surface area contributed by atoms with Gasteiger partial charge < -0.3 is 9.47 Å². The monoisotopic (exact) mass is 259 g/mol. The van der Waals surface area contributed by atoms with Crippen molar-refractivity contribution in [2.24, 2.45) is 0 Å². The van der Waals surface area contributed by atoms with E-state index in [4.69, 9.17) is 9.47 Å². The maximum Gasteiger partial charge on any atom is 0.255 e. The smallest absolute Gasteiger partial charge is 0.255 e. The lowest BCUT2D eigenvalue weighted by atomic mass is 10.1. The van der Waals surface area contributed by atoms with Crippen molar-refractivity contribution in [2.45, 2.75) is 19.4 Å². The number of halogens is 1. The van der Waals surface area contributed by atoms with Gasteiger partial charge in [-0.05, 0) is 30.7 Å². The quantitative estimate of drug-likeness (QED) is 0.794. The summed E-state index contributed by atoms with van der Waals surface area (Å²) in [6.45, 7) is 2.37. The van der Waals surface area contributed by atoms with Crippen LogP contribution in [0.4, 0.5) is 4.39 Å².